The Morgan fingerprint density at radius 1 is 1.25 bits per heavy atom. The van der Waals surface area contributed by atoms with Gasteiger partial charge >= 0.3 is 5.97 Å². The van der Waals surface area contributed by atoms with Gasteiger partial charge in [0.2, 0.25) is 0 Å². The Balaban J connectivity index is 2.04. The van der Waals surface area contributed by atoms with Crippen molar-refractivity contribution in [3.63, 3.8) is 0 Å². The van der Waals surface area contributed by atoms with Crippen LogP contribution < -0.4 is 10.6 Å². The second-order valence-corrected chi connectivity index (χ2v) is 5.96. The van der Waals surface area contributed by atoms with Crippen LogP contribution in [0.5, 0.6) is 0 Å². The SMILES string of the molecule is CCOC(=O)c1cc(NC(=S)NC(C)c2ccccc2)ccc1Cl. The minimum Gasteiger partial charge on any atom is -0.462 e. The molecule has 0 spiro atoms. The minimum atomic E-state index is -0.456. The number of hydrogen-bond acceptors (Lipinski definition) is 3. The summed E-state index contributed by atoms with van der Waals surface area (Å²) in [6.45, 7) is 4.06. The standard InChI is InChI=1S/C18H19ClN2O2S/c1-3-23-17(22)15-11-14(9-10-16(15)19)21-18(24)20-12(2)13-7-5-4-6-8-13/h4-12H,3H2,1-2H3,(H2,20,21,24). The highest BCUT2D eigenvalue weighted by Crippen LogP contribution is 2.22. The summed E-state index contributed by atoms with van der Waals surface area (Å²) in [6, 6.07) is 15.1. The van der Waals surface area contributed by atoms with Gasteiger partial charge in [0.15, 0.2) is 5.11 Å². The Morgan fingerprint density at radius 3 is 2.62 bits per heavy atom. The number of esters is 1. The molecule has 2 aromatic carbocycles. The molecule has 126 valence electrons. The van der Waals surface area contributed by atoms with E-state index in [0.717, 1.165) is 5.56 Å². The van der Waals surface area contributed by atoms with Crippen LogP contribution >= 0.6 is 23.8 Å². The molecule has 0 heterocycles. The average molecular weight is 363 g/mol. The Morgan fingerprint density at radius 2 is 1.96 bits per heavy atom. The van der Waals surface area contributed by atoms with Gasteiger partial charge in [-0.1, -0.05) is 41.9 Å². The molecule has 1 unspecified atom stereocenters. The molecule has 1 atom stereocenters. The van der Waals surface area contributed by atoms with Crippen LogP contribution in [-0.2, 0) is 4.74 Å². The van der Waals surface area contributed by atoms with Gasteiger partial charge in [0.05, 0.1) is 23.2 Å². The van der Waals surface area contributed by atoms with Crippen molar-refractivity contribution in [1.29, 1.82) is 0 Å². The van der Waals surface area contributed by atoms with Crippen molar-refractivity contribution in [2.24, 2.45) is 0 Å². The largest absolute Gasteiger partial charge is 0.462 e. The first kappa shape index (κ1) is 18.2. The van der Waals surface area contributed by atoms with Crippen LogP contribution in [0.25, 0.3) is 0 Å². The van der Waals surface area contributed by atoms with Crippen LogP contribution in [0.3, 0.4) is 0 Å². The number of anilines is 1. The molecule has 0 radical (unpaired) electrons. The Kier molecular flexibility index (Phi) is 6.58. The molecule has 0 aliphatic rings. The molecule has 2 N–H and O–H groups in total. The Bertz CT molecular complexity index is 722. The second-order valence-electron chi connectivity index (χ2n) is 5.15. The number of rotatable bonds is 5. The highest BCUT2D eigenvalue weighted by Gasteiger charge is 2.13. The highest BCUT2D eigenvalue weighted by molar-refractivity contribution is 7.80. The second kappa shape index (κ2) is 8.66. The fourth-order valence-corrected chi connectivity index (χ4v) is 2.65. The monoisotopic (exact) mass is 362 g/mol. The summed E-state index contributed by atoms with van der Waals surface area (Å²) in [6.07, 6.45) is 0. The molecule has 6 heteroatoms. The summed E-state index contributed by atoms with van der Waals surface area (Å²) in [7, 11) is 0. The minimum absolute atomic E-state index is 0.0584. The molecule has 0 aliphatic carbocycles. The third kappa shape index (κ3) is 4.94. The summed E-state index contributed by atoms with van der Waals surface area (Å²) < 4.78 is 4.99. The van der Waals surface area contributed by atoms with E-state index in [0.29, 0.717) is 28.0 Å². The van der Waals surface area contributed by atoms with Gasteiger partial charge in [-0.05, 0) is 49.8 Å². The molecule has 4 nitrogen and oxygen atoms in total. The van der Waals surface area contributed by atoms with Gasteiger partial charge in [0.25, 0.3) is 0 Å². The van der Waals surface area contributed by atoms with Gasteiger partial charge in [-0.2, -0.15) is 0 Å². The fourth-order valence-electron chi connectivity index (χ4n) is 2.16. The van der Waals surface area contributed by atoms with Crippen LogP contribution in [0.1, 0.15) is 35.8 Å². The number of ether oxygens (including phenoxy) is 1. The number of hydrogen-bond donors (Lipinski definition) is 2. The summed E-state index contributed by atoms with van der Waals surface area (Å²) in [4.78, 5) is 11.9. The van der Waals surface area contributed by atoms with Gasteiger partial charge in [0.1, 0.15) is 0 Å². The molecular formula is C18H19ClN2O2S. The summed E-state index contributed by atoms with van der Waals surface area (Å²) in [5.74, 6) is -0.456. The van der Waals surface area contributed by atoms with Crippen molar-refractivity contribution in [3.8, 4) is 0 Å². The van der Waals surface area contributed by atoms with Crippen LogP contribution in [0.15, 0.2) is 48.5 Å². The van der Waals surface area contributed by atoms with Gasteiger partial charge in [-0.25, -0.2) is 4.79 Å². The fraction of sp³-hybridized carbons (Fsp3) is 0.222. The van der Waals surface area contributed by atoms with E-state index in [2.05, 4.69) is 10.6 Å². The zero-order valence-electron chi connectivity index (χ0n) is 13.5. The van der Waals surface area contributed by atoms with E-state index < -0.39 is 5.97 Å². The highest BCUT2D eigenvalue weighted by atomic mass is 35.5. The third-order valence-electron chi connectivity index (χ3n) is 3.37. The van der Waals surface area contributed by atoms with E-state index in [1.54, 1.807) is 25.1 Å². The number of nitrogens with one attached hydrogen (secondary N) is 2. The maximum Gasteiger partial charge on any atom is 0.339 e. The maximum atomic E-state index is 11.9. The van der Waals surface area contributed by atoms with E-state index in [4.69, 9.17) is 28.6 Å². The quantitative estimate of drug-likeness (QED) is 0.603. The molecule has 0 aromatic heterocycles. The first-order valence-electron chi connectivity index (χ1n) is 7.60. The van der Waals surface area contributed by atoms with Crippen molar-refractivity contribution in [1.82, 2.24) is 5.32 Å². The van der Waals surface area contributed by atoms with Gasteiger partial charge in [-0.15, -0.1) is 0 Å². The molecule has 2 aromatic rings. The van der Waals surface area contributed by atoms with Crippen LogP contribution in [0.2, 0.25) is 5.02 Å². The molecule has 0 aliphatic heterocycles. The molecular weight excluding hydrogens is 344 g/mol. The smallest absolute Gasteiger partial charge is 0.339 e. The lowest BCUT2D eigenvalue weighted by molar-refractivity contribution is 0.0526. The summed E-state index contributed by atoms with van der Waals surface area (Å²) >= 11 is 11.4. The third-order valence-corrected chi connectivity index (χ3v) is 3.92. The molecule has 0 saturated carbocycles. The zero-order chi connectivity index (χ0) is 17.5. The van der Waals surface area contributed by atoms with Crippen molar-refractivity contribution < 1.29 is 9.53 Å². The van der Waals surface area contributed by atoms with Crippen molar-refractivity contribution in [3.05, 3.63) is 64.7 Å². The molecule has 0 amide bonds. The maximum absolute atomic E-state index is 11.9. The Labute approximate surface area is 152 Å². The normalized spacial score (nSPS) is 11.5. The number of halogens is 1. The number of carbonyl (C=O) groups excluding carboxylic acids is 1. The van der Waals surface area contributed by atoms with Crippen molar-refractivity contribution in [2.75, 3.05) is 11.9 Å². The van der Waals surface area contributed by atoms with E-state index in [-0.39, 0.29) is 6.04 Å². The lowest BCUT2D eigenvalue weighted by atomic mass is 10.1. The Hall–Kier alpha value is -2.11. The number of benzene rings is 2. The predicted octanol–water partition coefficient (Wildman–Crippen LogP) is 4.56. The van der Waals surface area contributed by atoms with Gasteiger partial charge < -0.3 is 15.4 Å². The van der Waals surface area contributed by atoms with Gasteiger partial charge in [0, 0.05) is 5.69 Å². The van der Waals surface area contributed by atoms with E-state index in [1.165, 1.54) is 0 Å². The lowest BCUT2D eigenvalue weighted by Crippen LogP contribution is -2.30. The molecule has 0 saturated heterocycles. The van der Waals surface area contributed by atoms with E-state index in [1.807, 2.05) is 37.3 Å². The topological polar surface area (TPSA) is 50.4 Å². The van der Waals surface area contributed by atoms with Gasteiger partial charge in [-0.3, -0.25) is 0 Å². The van der Waals surface area contributed by atoms with E-state index in [9.17, 15) is 4.79 Å². The zero-order valence-corrected chi connectivity index (χ0v) is 15.1. The molecule has 2 rings (SSSR count). The van der Waals surface area contributed by atoms with E-state index >= 15 is 0 Å². The van der Waals surface area contributed by atoms with Crippen molar-refractivity contribution in [2.45, 2.75) is 19.9 Å². The molecule has 0 fully saturated rings. The van der Waals surface area contributed by atoms with Crippen LogP contribution in [0.4, 0.5) is 5.69 Å². The van der Waals surface area contributed by atoms with Crippen LogP contribution in [0, 0.1) is 0 Å². The average Bonchev–Trinajstić information content (AvgIpc) is 2.57. The first-order chi connectivity index (χ1) is 11.5. The van der Waals surface area contributed by atoms with Crippen LogP contribution in [-0.4, -0.2) is 17.7 Å². The first-order valence-corrected chi connectivity index (χ1v) is 8.39. The van der Waals surface area contributed by atoms with Crippen molar-refractivity contribution >= 4 is 40.6 Å². The molecule has 0 bridgehead atoms. The summed E-state index contributed by atoms with van der Waals surface area (Å²) in [5.41, 5.74) is 2.10. The number of carbonyl (C=O) groups is 1. The predicted molar refractivity (Wildman–Crippen MR) is 102 cm³/mol. The number of thiocarbonyl (C=S) groups is 1. The summed E-state index contributed by atoms with van der Waals surface area (Å²) in [5, 5.41) is 7.07. The lowest BCUT2D eigenvalue weighted by Gasteiger charge is -2.17. The molecule has 24 heavy (non-hydrogen) atoms.